The van der Waals surface area contributed by atoms with Crippen LogP contribution in [0.4, 0.5) is 0 Å². The van der Waals surface area contributed by atoms with Gasteiger partial charge in [-0.2, -0.15) is 5.21 Å². The van der Waals surface area contributed by atoms with Gasteiger partial charge < -0.3 is 15.9 Å². The molecule has 0 radical (unpaired) electrons. The van der Waals surface area contributed by atoms with E-state index in [2.05, 4.69) is 55.2 Å². The Balaban J connectivity index is 1.30. The van der Waals surface area contributed by atoms with E-state index in [4.69, 9.17) is 5.73 Å². The van der Waals surface area contributed by atoms with Crippen LogP contribution in [0.5, 0.6) is 0 Å². The number of hydrogen-bond acceptors (Lipinski definition) is 6. The van der Waals surface area contributed by atoms with E-state index < -0.39 is 0 Å². The summed E-state index contributed by atoms with van der Waals surface area (Å²) in [6.45, 7) is 11.9. The number of tetrazole rings is 1. The van der Waals surface area contributed by atoms with Gasteiger partial charge in [-0.05, 0) is 117 Å². The lowest BCUT2D eigenvalue weighted by atomic mass is 9.43. The van der Waals surface area contributed by atoms with Crippen LogP contribution in [0.15, 0.2) is 0 Å². The van der Waals surface area contributed by atoms with Crippen molar-refractivity contribution in [2.45, 2.75) is 123 Å². The summed E-state index contributed by atoms with van der Waals surface area (Å²) in [6, 6.07) is 0. The lowest BCUT2D eigenvalue weighted by Gasteiger charge is -2.62. The summed E-state index contributed by atoms with van der Waals surface area (Å²) in [5.41, 5.74) is 7.09. The number of hydrogen-bond donors (Lipinski definition) is 4. The fraction of sp³-hybridized carbons (Fsp3) is 0.964. The molecule has 0 aromatic carbocycles. The highest BCUT2D eigenvalue weighted by atomic mass is 16.3. The van der Waals surface area contributed by atoms with Gasteiger partial charge in [-0.25, -0.2) is 0 Å². The highest BCUT2D eigenvalue weighted by Gasteiger charge is 2.62. The monoisotopic (exact) mass is 487 g/mol. The van der Waals surface area contributed by atoms with Crippen LogP contribution in [0, 0.1) is 45.8 Å². The molecule has 5 rings (SSSR count). The predicted octanol–water partition coefficient (Wildman–Crippen LogP) is 4.26. The van der Waals surface area contributed by atoms with E-state index in [1.54, 1.807) is 0 Å². The van der Waals surface area contributed by atoms with Crippen LogP contribution in [0.3, 0.4) is 0 Å². The summed E-state index contributed by atoms with van der Waals surface area (Å²) in [7, 11) is 0. The second kappa shape index (κ2) is 8.76. The van der Waals surface area contributed by atoms with Gasteiger partial charge in [0, 0.05) is 12.0 Å². The van der Waals surface area contributed by atoms with Crippen LogP contribution in [-0.4, -0.2) is 48.6 Å². The first-order valence-electron chi connectivity index (χ1n) is 14.2. The molecule has 4 saturated carbocycles. The maximum absolute atomic E-state index is 11.5. The molecule has 1 heterocycles. The fourth-order valence-electron chi connectivity index (χ4n) is 10.2. The minimum absolute atomic E-state index is 0.119. The summed E-state index contributed by atoms with van der Waals surface area (Å²) in [6.07, 6.45) is 11.2. The standard InChI is InChI=1S/C28H49N5O2/c1-25(2,16-26(3,29)15-23-30-32-33-31-23)14-17-6-7-20-24-21(9-11-27(17,20)4)28(5)10-8-19(34)12-18(28)13-22(24)35/h17-22,24,34-35H,6-16,29H2,1-5H3,(H,30,31,32,33)/t17-,18+,19-,20?,21?,22-,24?,26?,27-,28+/m1/s1. The van der Waals surface area contributed by atoms with Gasteiger partial charge in [-0.3, -0.25) is 0 Å². The second-order valence-electron chi connectivity index (χ2n) is 14.7. The zero-order valence-electron chi connectivity index (χ0n) is 22.6. The zero-order valence-corrected chi connectivity index (χ0v) is 22.6. The summed E-state index contributed by atoms with van der Waals surface area (Å²) in [4.78, 5) is 0. The molecule has 0 saturated heterocycles. The maximum atomic E-state index is 11.5. The molecule has 4 aliphatic rings. The average Bonchev–Trinajstić information content (AvgIpc) is 3.35. The number of nitrogens with one attached hydrogen (secondary N) is 1. The van der Waals surface area contributed by atoms with E-state index in [1.165, 1.54) is 32.1 Å². The molecule has 5 N–H and O–H groups in total. The molecule has 198 valence electrons. The van der Waals surface area contributed by atoms with Crippen molar-refractivity contribution < 1.29 is 10.2 Å². The van der Waals surface area contributed by atoms with Crippen LogP contribution >= 0.6 is 0 Å². The number of aliphatic hydroxyl groups excluding tert-OH is 2. The molecule has 10 atom stereocenters. The van der Waals surface area contributed by atoms with Crippen LogP contribution in [0.2, 0.25) is 0 Å². The molecular formula is C28H49N5O2. The third kappa shape index (κ3) is 4.59. The van der Waals surface area contributed by atoms with Crippen LogP contribution in [0.25, 0.3) is 0 Å². The number of aromatic amines is 1. The molecule has 4 fully saturated rings. The molecule has 4 unspecified atom stereocenters. The SMILES string of the molecule is CC(C)(C[C@H]1CCC2C3C(CC[C@@]21C)[C@@]1(C)CC[C@@H](O)C[C@H]1C[C@H]3O)CC(C)(N)Cc1nn[nH]n1. The van der Waals surface area contributed by atoms with Gasteiger partial charge in [-0.1, -0.05) is 32.9 Å². The molecular weight excluding hydrogens is 438 g/mol. The van der Waals surface area contributed by atoms with Gasteiger partial charge in [0.2, 0.25) is 0 Å². The van der Waals surface area contributed by atoms with Gasteiger partial charge in [-0.15, -0.1) is 10.2 Å². The Morgan fingerprint density at radius 1 is 1.00 bits per heavy atom. The first-order valence-corrected chi connectivity index (χ1v) is 14.2. The highest BCUT2D eigenvalue weighted by Crippen LogP contribution is 2.68. The second-order valence-corrected chi connectivity index (χ2v) is 14.7. The van der Waals surface area contributed by atoms with E-state index in [0.717, 1.165) is 32.1 Å². The Kier molecular flexibility index (Phi) is 6.41. The lowest BCUT2D eigenvalue weighted by Crippen LogP contribution is -2.58. The highest BCUT2D eigenvalue weighted by molar-refractivity contribution is 5.12. The van der Waals surface area contributed by atoms with Gasteiger partial charge in [0.25, 0.3) is 0 Å². The quantitative estimate of drug-likeness (QED) is 0.476. The molecule has 1 aromatic heterocycles. The van der Waals surface area contributed by atoms with E-state index >= 15 is 0 Å². The van der Waals surface area contributed by atoms with Crippen LogP contribution in [-0.2, 0) is 6.42 Å². The van der Waals surface area contributed by atoms with Crippen molar-refractivity contribution in [3.05, 3.63) is 5.82 Å². The zero-order chi connectivity index (χ0) is 25.2. The number of nitrogens with two attached hydrogens (primary N) is 1. The average molecular weight is 488 g/mol. The van der Waals surface area contributed by atoms with Crippen molar-refractivity contribution in [2.75, 3.05) is 0 Å². The molecule has 0 amide bonds. The molecule has 1 aromatic rings. The van der Waals surface area contributed by atoms with Gasteiger partial charge in [0.05, 0.1) is 12.2 Å². The number of aliphatic hydroxyl groups is 2. The summed E-state index contributed by atoms with van der Waals surface area (Å²) in [5, 5.41) is 36.3. The number of H-pyrrole nitrogens is 1. The van der Waals surface area contributed by atoms with E-state index in [0.29, 0.717) is 52.7 Å². The smallest absolute Gasteiger partial charge is 0.176 e. The van der Waals surface area contributed by atoms with Crippen LogP contribution < -0.4 is 5.73 Å². The number of nitrogens with zero attached hydrogens (tertiary/aromatic N) is 3. The minimum atomic E-state index is -0.376. The third-order valence-corrected chi connectivity index (χ3v) is 11.5. The fourth-order valence-corrected chi connectivity index (χ4v) is 10.2. The molecule has 0 aliphatic heterocycles. The Morgan fingerprint density at radius 3 is 2.43 bits per heavy atom. The Hall–Kier alpha value is -1.05. The van der Waals surface area contributed by atoms with E-state index in [1.807, 2.05) is 0 Å². The molecule has 7 nitrogen and oxygen atoms in total. The minimum Gasteiger partial charge on any atom is -0.393 e. The number of rotatable bonds is 6. The van der Waals surface area contributed by atoms with Gasteiger partial charge in [0.1, 0.15) is 0 Å². The van der Waals surface area contributed by atoms with E-state index in [9.17, 15) is 10.2 Å². The maximum Gasteiger partial charge on any atom is 0.176 e. The van der Waals surface area contributed by atoms with Crippen molar-refractivity contribution in [2.24, 2.45) is 51.6 Å². The molecule has 7 heteroatoms. The Labute approximate surface area is 211 Å². The number of aromatic nitrogens is 4. The van der Waals surface area contributed by atoms with Gasteiger partial charge >= 0.3 is 0 Å². The van der Waals surface area contributed by atoms with Crippen molar-refractivity contribution in [1.82, 2.24) is 20.6 Å². The largest absolute Gasteiger partial charge is 0.393 e. The van der Waals surface area contributed by atoms with Crippen molar-refractivity contribution in [3.63, 3.8) is 0 Å². The van der Waals surface area contributed by atoms with Crippen molar-refractivity contribution >= 4 is 0 Å². The number of fused-ring (bicyclic) bond motifs is 5. The molecule has 35 heavy (non-hydrogen) atoms. The summed E-state index contributed by atoms with van der Waals surface area (Å²) >= 11 is 0. The molecule has 0 spiro atoms. The third-order valence-electron chi connectivity index (χ3n) is 11.5. The first-order chi connectivity index (χ1) is 16.3. The first kappa shape index (κ1) is 25.6. The van der Waals surface area contributed by atoms with Crippen LogP contribution in [0.1, 0.15) is 105 Å². The van der Waals surface area contributed by atoms with Gasteiger partial charge in [0.15, 0.2) is 5.82 Å². The summed E-state index contributed by atoms with van der Waals surface area (Å²) < 4.78 is 0. The Morgan fingerprint density at radius 2 is 1.71 bits per heavy atom. The predicted molar refractivity (Wildman–Crippen MR) is 136 cm³/mol. The van der Waals surface area contributed by atoms with Crippen molar-refractivity contribution in [1.29, 1.82) is 0 Å². The topological polar surface area (TPSA) is 121 Å². The van der Waals surface area contributed by atoms with E-state index in [-0.39, 0.29) is 23.2 Å². The Bertz CT molecular complexity index is 888. The molecule has 4 aliphatic carbocycles. The van der Waals surface area contributed by atoms with Crippen molar-refractivity contribution in [3.8, 4) is 0 Å². The summed E-state index contributed by atoms with van der Waals surface area (Å²) in [5.74, 6) is 3.49. The lowest BCUT2D eigenvalue weighted by molar-refractivity contribution is -0.173. The molecule has 0 bridgehead atoms. The normalized spacial score (nSPS) is 45.3.